The van der Waals surface area contributed by atoms with E-state index >= 15 is 0 Å². The summed E-state index contributed by atoms with van der Waals surface area (Å²) in [5.41, 5.74) is 0. The highest BCUT2D eigenvalue weighted by Crippen LogP contribution is 2.09. The molecule has 0 radical (unpaired) electrons. The van der Waals surface area contributed by atoms with Gasteiger partial charge in [-0.3, -0.25) is 4.90 Å². The Morgan fingerprint density at radius 3 is 2.46 bits per heavy atom. The van der Waals surface area contributed by atoms with E-state index in [1.54, 1.807) is 4.90 Å². The Labute approximate surface area is 89.9 Å². The van der Waals surface area contributed by atoms with Gasteiger partial charge in [0.1, 0.15) is 0 Å². The van der Waals surface area contributed by atoms with Crippen LogP contribution in [0, 0.1) is 0 Å². The van der Waals surface area contributed by atoms with Crippen LogP contribution >= 0.6 is 24.8 Å². The first-order chi connectivity index (χ1) is 5.22. The maximum atomic E-state index is 11.9. The van der Waals surface area contributed by atoms with Crippen LogP contribution in [0.25, 0.3) is 0 Å². The quantitative estimate of drug-likeness (QED) is 0.797. The van der Waals surface area contributed by atoms with E-state index in [4.69, 9.17) is 0 Å². The number of alkyl halides is 2. The minimum absolute atomic E-state index is 0. The van der Waals surface area contributed by atoms with Gasteiger partial charge < -0.3 is 5.32 Å². The zero-order valence-corrected chi connectivity index (χ0v) is 9.14. The second kappa shape index (κ2) is 7.74. The predicted molar refractivity (Wildman–Crippen MR) is 54.4 cm³/mol. The standard InChI is InChI=1S/C7H14F2N2.2ClH/c1-10-6-2-3-11(4-6)5-7(8)9;;/h6-7,10H,2-5H2,1H3;2*1H. The van der Waals surface area contributed by atoms with Crippen molar-refractivity contribution in [2.24, 2.45) is 0 Å². The van der Waals surface area contributed by atoms with Crippen LogP contribution in [0.3, 0.4) is 0 Å². The van der Waals surface area contributed by atoms with Crippen molar-refractivity contribution in [1.29, 1.82) is 0 Å². The summed E-state index contributed by atoms with van der Waals surface area (Å²) in [7, 11) is 1.87. The van der Waals surface area contributed by atoms with Crippen LogP contribution in [0.1, 0.15) is 6.42 Å². The third-order valence-electron chi connectivity index (χ3n) is 2.08. The molecular weight excluding hydrogens is 221 g/mol. The summed E-state index contributed by atoms with van der Waals surface area (Å²) in [6.07, 6.45) is -1.20. The van der Waals surface area contributed by atoms with E-state index in [0.29, 0.717) is 6.04 Å². The van der Waals surface area contributed by atoms with Crippen LogP contribution in [0.4, 0.5) is 8.78 Å². The van der Waals surface area contributed by atoms with Gasteiger partial charge in [0.05, 0.1) is 6.54 Å². The Kier molecular flexibility index (Phi) is 9.41. The van der Waals surface area contributed by atoms with Gasteiger partial charge in [0.25, 0.3) is 6.43 Å². The second-order valence-corrected chi connectivity index (χ2v) is 2.92. The monoisotopic (exact) mass is 236 g/mol. The fraction of sp³-hybridized carbons (Fsp3) is 1.00. The van der Waals surface area contributed by atoms with Crippen molar-refractivity contribution in [1.82, 2.24) is 10.2 Å². The molecule has 1 unspecified atom stereocenters. The number of likely N-dealkylation sites (N-methyl/N-ethyl adjacent to an activating group) is 1. The summed E-state index contributed by atoms with van der Waals surface area (Å²) < 4.78 is 23.7. The van der Waals surface area contributed by atoms with Crippen molar-refractivity contribution >= 4 is 24.8 Å². The van der Waals surface area contributed by atoms with Crippen molar-refractivity contribution in [2.45, 2.75) is 18.9 Å². The largest absolute Gasteiger partial charge is 0.316 e. The fourth-order valence-corrected chi connectivity index (χ4v) is 1.43. The SMILES string of the molecule is CNC1CCN(CC(F)F)C1.Cl.Cl. The molecule has 1 saturated heterocycles. The van der Waals surface area contributed by atoms with Gasteiger partial charge in [0, 0.05) is 12.6 Å². The van der Waals surface area contributed by atoms with Crippen molar-refractivity contribution in [3.63, 3.8) is 0 Å². The van der Waals surface area contributed by atoms with E-state index < -0.39 is 6.43 Å². The van der Waals surface area contributed by atoms with Crippen LogP contribution in [-0.2, 0) is 0 Å². The van der Waals surface area contributed by atoms with E-state index in [2.05, 4.69) is 5.32 Å². The minimum Gasteiger partial charge on any atom is -0.316 e. The summed E-state index contributed by atoms with van der Waals surface area (Å²) >= 11 is 0. The number of nitrogens with zero attached hydrogens (tertiary/aromatic N) is 1. The lowest BCUT2D eigenvalue weighted by Crippen LogP contribution is -2.32. The normalized spacial score (nSPS) is 22.6. The second-order valence-electron chi connectivity index (χ2n) is 2.92. The maximum Gasteiger partial charge on any atom is 0.251 e. The molecule has 0 aromatic rings. The van der Waals surface area contributed by atoms with Gasteiger partial charge in [-0.15, -0.1) is 24.8 Å². The summed E-state index contributed by atoms with van der Waals surface area (Å²) in [4.78, 5) is 1.80. The van der Waals surface area contributed by atoms with Gasteiger partial charge in [-0.25, -0.2) is 8.78 Å². The zero-order chi connectivity index (χ0) is 8.27. The van der Waals surface area contributed by atoms with Crippen molar-refractivity contribution in [3.8, 4) is 0 Å². The first kappa shape index (κ1) is 15.8. The summed E-state index contributed by atoms with van der Waals surface area (Å²) in [6.45, 7) is 1.49. The highest BCUT2D eigenvalue weighted by Gasteiger charge is 2.22. The van der Waals surface area contributed by atoms with Crippen LogP contribution < -0.4 is 5.32 Å². The first-order valence-corrected chi connectivity index (χ1v) is 3.90. The van der Waals surface area contributed by atoms with Crippen LogP contribution in [-0.4, -0.2) is 44.0 Å². The molecule has 0 spiro atoms. The smallest absolute Gasteiger partial charge is 0.251 e. The van der Waals surface area contributed by atoms with Gasteiger partial charge in [0.2, 0.25) is 0 Å². The molecule has 0 aromatic heterocycles. The fourth-order valence-electron chi connectivity index (χ4n) is 1.43. The Morgan fingerprint density at radius 1 is 1.46 bits per heavy atom. The average molecular weight is 237 g/mol. The molecule has 0 amide bonds. The van der Waals surface area contributed by atoms with Gasteiger partial charge in [-0.2, -0.15) is 0 Å². The van der Waals surface area contributed by atoms with E-state index in [1.165, 1.54) is 0 Å². The third kappa shape index (κ3) is 5.62. The molecule has 13 heavy (non-hydrogen) atoms. The molecule has 0 bridgehead atoms. The molecule has 1 aliphatic rings. The molecule has 6 heteroatoms. The van der Waals surface area contributed by atoms with Gasteiger partial charge >= 0.3 is 0 Å². The number of rotatable bonds is 3. The molecule has 1 heterocycles. The number of nitrogens with one attached hydrogen (secondary N) is 1. The Balaban J connectivity index is 0. The molecule has 1 fully saturated rings. The van der Waals surface area contributed by atoms with E-state index in [1.807, 2.05) is 7.05 Å². The number of likely N-dealkylation sites (tertiary alicyclic amines) is 1. The molecule has 1 aliphatic heterocycles. The summed E-state index contributed by atoms with van der Waals surface area (Å²) in [6, 6.07) is 0.411. The van der Waals surface area contributed by atoms with Gasteiger partial charge in [-0.05, 0) is 20.0 Å². The van der Waals surface area contributed by atoms with Gasteiger partial charge in [-0.1, -0.05) is 0 Å². The lowest BCUT2D eigenvalue weighted by Gasteiger charge is -2.14. The molecule has 1 N–H and O–H groups in total. The van der Waals surface area contributed by atoms with Crippen LogP contribution in [0.15, 0.2) is 0 Å². The minimum atomic E-state index is -2.19. The van der Waals surface area contributed by atoms with Crippen molar-refractivity contribution < 1.29 is 8.78 Å². The highest BCUT2D eigenvalue weighted by atomic mass is 35.5. The van der Waals surface area contributed by atoms with E-state index in [9.17, 15) is 8.78 Å². The van der Waals surface area contributed by atoms with Crippen molar-refractivity contribution in [2.75, 3.05) is 26.7 Å². The Bertz CT molecular complexity index is 127. The first-order valence-electron chi connectivity index (χ1n) is 3.90. The molecule has 0 aliphatic carbocycles. The van der Waals surface area contributed by atoms with E-state index in [0.717, 1.165) is 19.5 Å². The third-order valence-corrected chi connectivity index (χ3v) is 2.08. The number of halogens is 4. The Hall–Kier alpha value is 0.360. The molecular formula is C7H16Cl2F2N2. The summed E-state index contributed by atoms with van der Waals surface area (Å²) in [5.74, 6) is 0. The highest BCUT2D eigenvalue weighted by molar-refractivity contribution is 5.85. The molecule has 0 aromatic carbocycles. The molecule has 1 atom stereocenters. The molecule has 82 valence electrons. The predicted octanol–water partition coefficient (Wildman–Crippen LogP) is 1.39. The maximum absolute atomic E-state index is 11.9. The molecule has 1 rings (SSSR count). The lowest BCUT2D eigenvalue weighted by atomic mass is 10.3. The van der Waals surface area contributed by atoms with Gasteiger partial charge in [0.15, 0.2) is 0 Å². The number of hydrogen-bond acceptors (Lipinski definition) is 2. The molecule has 2 nitrogen and oxygen atoms in total. The molecule has 0 saturated carbocycles. The van der Waals surface area contributed by atoms with Crippen LogP contribution in [0.2, 0.25) is 0 Å². The number of hydrogen-bond donors (Lipinski definition) is 1. The summed E-state index contributed by atoms with van der Waals surface area (Å²) in [5, 5.41) is 3.08. The lowest BCUT2D eigenvalue weighted by molar-refractivity contribution is 0.0987. The average Bonchev–Trinajstić information content (AvgIpc) is 2.34. The van der Waals surface area contributed by atoms with Crippen molar-refractivity contribution in [3.05, 3.63) is 0 Å². The topological polar surface area (TPSA) is 15.3 Å². The van der Waals surface area contributed by atoms with Crippen LogP contribution in [0.5, 0.6) is 0 Å². The van der Waals surface area contributed by atoms with E-state index in [-0.39, 0.29) is 31.4 Å². The zero-order valence-electron chi connectivity index (χ0n) is 7.50. The Morgan fingerprint density at radius 2 is 2.08 bits per heavy atom.